The largest absolute Gasteiger partial charge is 0.493 e. The molecule has 114 valence electrons. The summed E-state index contributed by atoms with van der Waals surface area (Å²) in [5.74, 6) is 1.24. The molecule has 0 unspecified atom stereocenters. The van der Waals surface area contributed by atoms with E-state index in [2.05, 4.69) is 5.32 Å². The van der Waals surface area contributed by atoms with Crippen LogP contribution >= 0.6 is 11.6 Å². The second kappa shape index (κ2) is 6.71. The van der Waals surface area contributed by atoms with Crippen molar-refractivity contribution in [3.8, 4) is 11.5 Å². The minimum Gasteiger partial charge on any atom is -0.493 e. The van der Waals surface area contributed by atoms with E-state index in [4.69, 9.17) is 21.1 Å². The van der Waals surface area contributed by atoms with Crippen molar-refractivity contribution in [2.75, 3.05) is 13.2 Å². The Bertz CT molecular complexity index is 674. The fraction of sp³-hybridized carbons (Fsp3) is 0.235. The summed E-state index contributed by atoms with van der Waals surface area (Å²) >= 11 is 5.88. The van der Waals surface area contributed by atoms with Crippen molar-refractivity contribution in [3.05, 3.63) is 59.1 Å². The topological polar surface area (TPSA) is 47.6 Å². The highest BCUT2D eigenvalue weighted by Gasteiger charge is 2.22. The molecular formula is C17H16ClNO3. The molecule has 0 fully saturated rings. The second-order valence-electron chi connectivity index (χ2n) is 5.04. The summed E-state index contributed by atoms with van der Waals surface area (Å²) in [5, 5.41) is 3.56. The average Bonchev–Trinajstić information content (AvgIpc) is 2.53. The number of ether oxygens (including phenoxy) is 2. The van der Waals surface area contributed by atoms with Crippen molar-refractivity contribution in [2.45, 2.75) is 12.5 Å². The number of para-hydroxylation sites is 1. The summed E-state index contributed by atoms with van der Waals surface area (Å²) in [4.78, 5) is 12.1. The van der Waals surface area contributed by atoms with Gasteiger partial charge in [-0.25, -0.2) is 0 Å². The Balaban J connectivity index is 1.59. The number of benzene rings is 2. The van der Waals surface area contributed by atoms with E-state index < -0.39 is 0 Å². The maximum absolute atomic E-state index is 12.1. The lowest BCUT2D eigenvalue weighted by Gasteiger charge is -2.26. The minimum atomic E-state index is -0.165. The number of halogens is 1. The molecule has 2 aromatic rings. The summed E-state index contributed by atoms with van der Waals surface area (Å²) in [6.45, 7) is 0.553. The van der Waals surface area contributed by atoms with E-state index in [0.717, 1.165) is 17.7 Å². The first kappa shape index (κ1) is 14.7. The predicted molar refractivity (Wildman–Crippen MR) is 84.4 cm³/mol. The van der Waals surface area contributed by atoms with Crippen molar-refractivity contribution in [1.29, 1.82) is 0 Å². The summed E-state index contributed by atoms with van der Waals surface area (Å²) in [7, 11) is 0. The van der Waals surface area contributed by atoms with E-state index in [9.17, 15) is 4.79 Å². The highest BCUT2D eigenvalue weighted by Crippen LogP contribution is 2.31. The third-order valence-corrected chi connectivity index (χ3v) is 3.69. The molecule has 1 aliphatic heterocycles. The number of carbonyl (C=O) groups excluding carboxylic acids is 1. The fourth-order valence-corrected chi connectivity index (χ4v) is 2.61. The van der Waals surface area contributed by atoms with Gasteiger partial charge in [-0.15, -0.1) is 0 Å². The Morgan fingerprint density at radius 3 is 3.00 bits per heavy atom. The van der Waals surface area contributed by atoms with Gasteiger partial charge in [-0.2, -0.15) is 0 Å². The second-order valence-corrected chi connectivity index (χ2v) is 5.48. The molecule has 0 aliphatic carbocycles. The summed E-state index contributed by atoms with van der Waals surface area (Å²) in [6.07, 6.45) is 0.750. The van der Waals surface area contributed by atoms with Crippen LogP contribution in [-0.4, -0.2) is 19.1 Å². The van der Waals surface area contributed by atoms with E-state index in [1.807, 2.05) is 24.3 Å². The van der Waals surface area contributed by atoms with Crippen molar-refractivity contribution < 1.29 is 14.3 Å². The zero-order chi connectivity index (χ0) is 15.4. The lowest BCUT2D eigenvalue weighted by Crippen LogP contribution is -2.35. The molecule has 0 saturated carbocycles. The molecule has 1 N–H and O–H groups in total. The van der Waals surface area contributed by atoms with Crippen molar-refractivity contribution in [2.24, 2.45) is 0 Å². The van der Waals surface area contributed by atoms with Crippen LogP contribution in [0.1, 0.15) is 18.0 Å². The van der Waals surface area contributed by atoms with Crippen LogP contribution in [-0.2, 0) is 4.79 Å². The van der Waals surface area contributed by atoms with Gasteiger partial charge in [0, 0.05) is 17.0 Å². The Morgan fingerprint density at radius 2 is 2.14 bits per heavy atom. The van der Waals surface area contributed by atoms with Crippen molar-refractivity contribution in [3.63, 3.8) is 0 Å². The van der Waals surface area contributed by atoms with Crippen molar-refractivity contribution in [1.82, 2.24) is 5.32 Å². The number of hydrogen-bond donors (Lipinski definition) is 1. The van der Waals surface area contributed by atoms with Crippen LogP contribution in [0.5, 0.6) is 11.5 Å². The molecule has 1 amide bonds. The van der Waals surface area contributed by atoms with Gasteiger partial charge in [0.2, 0.25) is 0 Å². The highest BCUT2D eigenvalue weighted by atomic mass is 35.5. The molecule has 4 nitrogen and oxygen atoms in total. The van der Waals surface area contributed by atoms with E-state index >= 15 is 0 Å². The molecule has 0 aromatic heterocycles. The molecule has 1 heterocycles. The Labute approximate surface area is 134 Å². The van der Waals surface area contributed by atoms with Gasteiger partial charge in [-0.1, -0.05) is 35.9 Å². The number of rotatable bonds is 4. The van der Waals surface area contributed by atoms with Gasteiger partial charge in [0.1, 0.15) is 11.5 Å². The summed E-state index contributed by atoms with van der Waals surface area (Å²) in [5.41, 5.74) is 1.00. The lowest BCUT2D eigenvalue weighted by molar-refractivity contribution is -0.124. The molecule has 5 heteroatoms. The quantitative estimate of drug-likeness (QED) is 0.940. The monoisotopic (exact) mass is 317 g/mol. The summed E-state index contributed by atoms with van der Waals surface area (Å²) < 4.78 is 11.0. The van der Waals surface area contributed by atoms with Gasteiger partial charge in [-0.3, -0.25) is 4.79 Å². The first-order valence-corrected chi connectivity index (χ1v) is 7.49. The van der Waals surface area contributed by atoms with Crippen LogP contribution in [0.4, 0.5) is 0 Å². The van der Waals surface area contributed by atoms with Gasteiger partial charge in [-0.05, 0) is 24.3 Å². The van der Waals surface area contributed by atoms with Crippen LogP contribution in [0.2, 0.25) is 5.02 Å². The zero-order valence-corrected chi connectivity index (χ0v) is 12.7. The first-order chi connectivity index (χ1) is 10.7. The van der Waals surface area contributed by atoms with Crippen LogP contribution in [0.25, 0.3) is 0 Å². The number of carbonyl (C=O) groups is 1. The number of hydrogen-bond acceptors (Lipinski definition) is 3. The van der Waals surface area contributed by atoms with Gasteiger partial charge in [0.15, 0.2) is 6.61 Å². The van der Waals surface area contributed by atoms with Crippen LogP contribution in [0, 0.1) is 0 Å². The van der Waals surface area contributed by atoms with E-state index in [-0.39, 0.29) is 18.6 Å². The SMILES string of the molecule is O=C(COc1cccc(Cl)c1)N[C@H]1CCOc2ccccc21. The summed E-state index contributed by atoms with van der Waals surface area (Å²) in [6, 6.07) is 14.7. The van der Waals surface area contributed by atoms with Gasteiger partial charge < -0.3 is 14.8 Å². The molecule has 0 spiro atoms. The Hall–Kier alpha value is -2.20. The van der Waals surface area contributed by atoms with Crippen LogP contribution in [0.15, 0.2) is 48.5 Å². The third kappa shape index (κ3) is 3.52. The molecule has 1 aliphatic rings. The molecule has 1 atom stereocenters. The van der Waals surface area contributed by atoms with Gasteiger partial charge >= 0.3 is 0 Å². The Kier molecular flexibility index (Phi) is 4.49. The normalized spacial score (nSPS) is 16.3. The van der Waals surface area contributed by atoms with Gasteiger partial charge in [0.25, 0.3) is 5.91 Å². The molecule has 0 bridgehead atoms. The standard InChI is InChI=1S/C17H16ClNO3/c18-12-4-3-5-13(10-12)22-11-17(20)19-15-8-9-21-16-7-2-1-6-14(15)16/h1-7,10,15H,8-9,11H2,(H,19,20)/t15-/m0/s1. The zero-order valence-electron chi connectivity index (χ0n) is 11.9. The molecule has 0 saturated heterocycles. The van der Waals surface area contributed by atoms with Crippen LogP contribution in [0.3, 0.4) is 0 Å². The average molecular weight is 318 g/mol. The lowest BCUT2D eigenvalue weighted by atomic mass is 10.0. The molecule has 2 aromatic carbocycles. The van der Waals surface area contributed by atoms with E-state index in [1.165, 1.54) is 0 Å². The molecular weight excluding hydrogens is 302 g/mol. The number of nitrogens with one attached hydrogen (secondary N) is 1. The van der Waals surface area contributed by atoms with E-state index in [1.54, 1.807) is 24.3 Å². The molecule has 0 radical (unpaired) electrons. The van der Waals surface area contributed by atoms with E-state index in [0.29, 0.717) is 17.4 Å². The molecule has 22 heavy (non-hydrogen) atoms. The first-order valence-electron chi connectivity index (χ1n) is 7.12. The van der Waals surface area contributed by atoms with Crippen LogP contribution < -0.4 is 14.8 Å². The number of fused-ring (bicyclic) bond motifs is 1. The maximum atomic E-state index is 12.1. The Morgan fingerprint density at radius 1 is 1.27 bits per heavy atom. The minimum absolute atomic E-state index is 0.0413. The smallest absolute Gasteiger partial charge is 0.258 e. The number of amides is 1. The predicted octanol–water partition coefficient (Wildman–Crippen LogP) is 3.36. The molecule has 3 rings (SSSR count). The van der Waals surface area contributed by atoms with Crippen molar-refractivity contribution >= 4 is 17.5 Å². The maximum Gasteiger partial charge on any atom is 0.258 e. The highest BCUT2D eigenvalue weighted by molar-refractivity contribution is 6.30. The van der Waals surface area contributed by atoms with Gasteiger partial charge in [0.05, 0.1) is 12.6 Å². The fourth-order valence-electron chi connectivity index (χ4n) is 2.43. The third-order valence-electron chi connectivity index (χ3n) is 3.46.